The molecule has 11 heteroatoms. The van der Waals surface area contributed by atoms with Crippen molar-refractivity contribution in [3.8, 4) is 0 Å². The van der Waals surface area contributed by atoms with Gasteiger partial charge in [-0.15, -0.1) is 0 Å². The summed E-state index contributed by atoms with van der Waals surface area (Å²) in [5, 5.41) is 0. The summed E-state index contributed by atoms with van der Waals surface area (Å²) >= 11 is 0. The molecule has 0 aromatic heterocycles. The maximum absolute atomic E-state index is 11.8. The third-order valence-corrected chi connectivity index (χ3v) is 1.41. The van der Waals surface area contributed by atoms with Crippen LogP contribution < -0.4 is 0 Å². The molecule has 0 aliphatic heterocycles. The van der Waals surface area contributed by atoms with E-state index in [-0.39, 0.29) is 0 Å². The Balaban J connectivity index is 5.05. The number of carbonyl (C=O) groups excluding carboxylic acids is 1. The second kappa shape index (κ2) is 4.69. The molecule has 0 N–H and O–H groups in total. The summed E-state index contributed by atoms with van der Waals surface area (Å²) in [6.45, 7) is 2.01. The number of hydrogen-bond acceptors (Lipinski definition) is 2. The predicted octanol–water partition coefficient (Wildman–Crippen LogP) is 3.14. The quantitative estimate of drug-likeness (QED) is 0.443. The standard InChI is InChI=1S/C7H3F9O2/c1-2(5(8,9)10)3(17)18-4(6(11,12)13)7(14,15)16/h4H,1H2. The molecule has 106 valence electrons. The van der Waals surface area contributed by atoms with E-state index < -0.39 is 36.2 Å². The van der Waals surface area contributed by atoms with Gasteiger partial charge >= 0.3 is 24.5 Å². The van der Waals surface area contributed by atoms with Crippen LogP contribution >= 0.6 is 0 Å². The molecule has 0 spiro atoms. The maximum Gasteiger partial charge on any atom is 0.434 e. The van der Waals surface area contributed by atoms with Crippen molar-refractivity contribution < 1.29 is 49.0 Å². The minimum Gasteiger partial charge on any atom is -0.439 e. The van der Waals surface area contributed by atoms with Crippen molar-refractivity contribution in [2.24, 2.45) is 0 Å². The van der Waals surface area contributed by atoms with Crippen LogP contribution in [0.2, 0.25) is 0 Å². The van der Waals surface area contributed by atoms with E-state index in [1.807, 2.05) is 6.58 Å². The third kappa shape index (κ3) is 4.45. The van der Waals surface area contributed by atoms with Gasteiger partial charge in [0.2, 0.25) is 0 Å². The van der Waals surface area contributed by atoms with E-state index in [9.17, 15) is 44.3 Å². The smallest absolute Gasteiger partial charge is 0.434 e. The van der Waals surface area contributed by atoms with E-state index in [2.05, 4.69) is 4.74 Å². The molecule has 2 nitrogen and oxygen atoms in total. The summed E-state index contributed by atoms with van der Waals surface area (Å²) in [4.78, 5) is 10.5. The van der Waals surface area contributed by atoms with E-state index in [1.54, 1.807) is 0 Å². The van der Waals surface area contributed by atoms with Crippen LogP contribution in [-0.2, 0) is 9.53 Å². The Morgan fingerprint density at radius 2 is 1.22 bits per heavy atom. The number of hydrogen-bond donors (Lipinski definition) is 0. The zero-order valence-corrected chi connectivity index (χ0v) is 8.00. The fraction of sp³-hybridized carbons (Fsp3) is 0.571. The number of esters is 1. The highest BCUT2D eigenvalue weighted by Crippen LogP contribution is 2.37. The van der Waals surface area contributed by atoms with Crippen LogP contribution in [0, 0.1) is 0 Å². The molecular weight excluding hydrogens is 287 g/mol. The molecule has 0 heterocycles. The monoisotopic (exact) mass is 290 g/mol. The van der Waals surface area contributed by atoms with E-state index >= 15 is 0 Å². The Morgan fingerprint density at radius 1 is 0.889 bits per heavy atom. The van der Waals surface area contributed by atoms with Gasteiger partial charge in [0.25, 0.3) is 6.10 Å². The normalized spacial score (nSPS) is 13.7. The number of ether oxygens (including phenoxy) is 1. The molecule has 0 rings (SSSR count). The summed E-state index contributed by atoms with van der Waals surface area (Å²) < 4.78 is 109. The molecule has 0 unspecified atom stereocenters. The molecule has 0 fully saturated rings. The minimum absolute atomic E-state index is 2.01. The Hall–Kier alpha value is -1.42. The number of halogens is 9. The van der Waals surface area contributed by atoms with Gasteiger partial charge in [0, 0.05) is 0 Å². The number of rotatable bonds is 2. The van der Waals surface area contributed by atoms with E-state index in [0.717, 1.165) is 0 Å². The van der Waals surface area contributed by atoms with E-state index in [4.69, 9.17) is 0 Å². The molecule has 18 heavy (non-hydrogen) atoms. The minimum atomic E-state index is -6.08. The molecule has 0 aromatic carbocycles. The van der Waals surface area contributed by atoms with Crippen LogP contribution in [0.5, 0.6) is 0 Å². The van der Waals surface area contributed by atoms with Gasteiger partial charge in [-0.2, -0.15) is 39.5 Å². The van der Waals surface area contributed by atoms with Crippen LogP contribution in [0.1, 0.15) is 0 Å². The van der Waals surface area contributed by atoms with Gasteiger partial charge in [-0.05, 0) is 0 Å². The van der Waals surface area contributed by atoms with Crippen molar-refractivity contribution in [2.75, 3.05) is 0 Å². The van der Waals surface area contributed by atoms with E-state index in [1.165, 1.54) is 0 Å². The highest BCUT2D eigenvalue weighted by Gasteiger charge is 2.60. The molecule has 0 radical (unpaired) electrons. The zero-order chi connectivity index (χ0) is 14.9. The maximum atomic E-state index is 11.8. The Kier molecular flexibility index (Phi) is 4.32. The first-order chi connectivity index (χ1) is 7.67. The van der Waals surface area contributed by atoms with Crippen molar-refractivity contribution in [3.05, 3.63) is 12.2 Å². The van der Waals surface area contributed by atoms with Gasteiger partial charge < -0.3 is 4.74 Å². The average Bonchev–Trinajstić information content (AvgIpc) is 2.07. The van der Waals surface area contributed by atoms with E-state index in [0.29, 0.717) is 0 Å². The topological polar surface area (TPSA) is 26.3 Å². The summed E-state index contributed by atoms with van der Waals surface area (Å²) in [5.74, 6) is -2.85. The molecule has 0 saturated carbocycles. The summed E-state index contributed by atoms with van der Waals surface area (Å²) in [6.07, 6.45) is -22.3. The van der Waals surface area contributed by atoms with Crippen molar-refractivity contribution >= 4 is 5.97 Å². The second-order valence-electron chi connectivity index (χ2n) is 2.84. The zero-order valence-electron chi connectivity index (χ0n) is 8.00. The Labute approximate surface area is 93.0 Å². The van der Waals surface area contributed by atoms with Crippen molar-refractivity contribution in [1.29, 1.82) is 0 Å². The lowest BCUT2D eigenvalue weighted by atomic mass is 10.3. The van der Waals surface area contributed by atoms with Crippen LogP contribution in [0.3, 0.4) is 0 Å². The highest BCUT2D eigenvalue weighted by atomic mass is 19.4. The molecule has 0 amide bonds. The van der Waals surface area contributed by atoms with Gasteiger partial charge in [0.1, 0.15) is 5.57 Å². The van der Waals surface area contributed by atoms with Crippen molar-refractivity contribution in [2.45, 2.75) is 24.6 Å². The summed E-state index contributed by atoms with van der Waals surface area (Å²) in [6, 6.07) is 0. The first-order valence-electron chi connectivity index (χ1n) is 3.78. The summed E-state index contributed by atoms with van der Waals surface area (Å²) in [5.41, 5.74) is -2.47. The molecule has 0 bridgehead atoms. The molecule has 0 aliphatic carbocycles. The predicted molar refractivity (Wildman–Crippen MR) is 37.2 cm³/mol. The molecule has 0 aromatic rings. The largest absolute Gasteiger partial charge is 0.439 e. The molecule has 0 aliphatic rings. The fourth-order valence-electron chi connectivity index (χ4n) is 0.613. The van der Waals surface area contributed by atoms with Gasteiger partial charge in [0.05, 0.1) is 0 Å². The van der Waals surface area contributed by atoms with Crippen LogP contribution in [0.25, 0.3) is 0 Å². The lowest BCUT2D eigenvalue weighted by molar-refractivity contribution is -0.313. The van der Waals surface area contributed by atoms with Crippen LogP contribution in [0.4, 0.5) is 39.5 Å². The average molecular weight is 290 g/mol. The van der Waals surface area contributed by atoms with Gasteiger partial charge in [-0.1, -0.05) is 6.58 Å². The van der Waals surface area contributed by atoms with Gasteiger partial charge in [-0.3, -0.25) is 0 Å². The highest BCUT2D eigenvalue weighted by molar-refractivity contribution is 5.89. The molecule has 0 atom stereocenters. The first kappa shape index (κ1) is 16.6. The number of carbonyl (C=O) groups is 1. The van der Waals surface area contributed by atoms with Crippen molar-refractivity contribution in [1.82, 2.24) is 0 Å². The third-order valence-electron chi connectivity index (χ3n) is 1.41. The first-order valence-corrected chi connectivity index (χ1v) is 3.78. The SMILES string of the molecule is C=C(C(=O)OC(C(F)(F)F)C(F)(F)F)C(F)(F)F. The van der Waals surface area contributed by atoms with Crippen molar-refractivity contribution in [3.63, 3.8) is 0 Å². The number of alkyl halides is 9. The van der Waals surface area contributed by atoms with Crippen LogP contribution in [-0.4, -0.2) is 30.6 Å². The Bertz CT molecular complexity index is 320. The lowest BCUT2D eigenvalue weighted by Crippen LogP contribution is -2.46. The van der Waals surface area contributed by atoms with Crippen LogP contribution in [0.15, 0.2) is 12.2 Å². The second-order valence-corrected chi connectivity index (χ2v) is 2.84. The fourth-order valence-corrected chi connectivity index (χ4v) is 0.613. The molecular formula is C7H3F9O2. The lowest BCUT2D eigenvalue weighted by Gasteiger charge is -2.23. The Morgan fingerprint density at radius 3 is 1.44 bits per heavy atom. The van der Waals surface area contributed by atoms with Gasteiger partial charge in [0.15, 0.2) is 0 Å². The molecule has 0 saturated heterocycles. The summed E-state index contributed by atoms with van der Waals surface area (Å²) in [7, 11) is 0. The van der Waals surface area contributed by atoms with Gasteiger partial charge in [-0.25, -0.2) is 4.79 Å².